The minimum Gasteiger partial charge on any atom is -0.454 e. The van der Waals surface area contributed by atoms with Crippen LogP contribution in [-0.4, -0.2) is 12.7 Å². The second-order valence-corrected chi connectivity index (χ2v) is 4.88. The molecule has 1 heterocycles. The van der Waals surface area contributed by atoms with Crippen LogP contribution in [0.25, 0.3) is 6.08 Å². The largest absolute Gasteiger partial charge is 0.454 e. The molecule has 0 saturated heterocycles. The number of carbonyl (C=O) groups excluding carboxylic acids is 1. The summed E-state index contributed by atoms with van der Waals surface area (Å²) in [6.07, 6.45) is 3.16. The predicted molar refractivity (Wildman–Crippen MR) is 81.7 cm³/mol. The molecule has 0 saturated carbocycles. The molecule has 2 aromatic carbocycles. The molecular formula is C16H12ClNO3. The van der Waals surface area contributed by atoms with E-state index in [-0.39, 0.29) is 12.7 Å². The van der Waals surface area contributed by atoms with E-state index < -0.39 is 0 Å². The Labute approximate surface area is 126 Å². The molecule has 0 fully saturated rings. The molecule has 0 radical (unpaired) electrons. The van der Waals surface area contributed by atoms with Crippen LogP contribution in [0, 0.1) is 0 Å². The van der Waals surface area contributed by atoms with Gasteiger partial charge in [0.15, 0.2) is 11.5 Å². The van der Waals surface area contributed by atoms with Gasteiger partial charge in [-0.1, -0.05) is 23.7 Å². The molecule has 0 spiro atoms. The van der Waals surface area contributed by atoms with Gasteiger partial charge in [-0.3, -0.25) is 4.79 Å². The van der Waals surface area contributed by atoms with Crippen LogP contribution in [0.5, 0.6) is 11.5 Å². The second kappa shape index (κ2) is 5.89. The number of halogens is 1. The lowest BCUT2D eigenvalue weighted by atomic mass is 10.2. The summed E-state index contributed by atoms with van der Waals surface area (Å²) in [6, 6.07) is 12.5. The Bertz CT molecular complexity index is 712. The lowest BCUT2D eigenvalue weighted by Gasteiger charge is -2.03. The number of hydrogen-bond acceptors (Lipinski definition) is 3. The van der Waals surface area contributed by atoms with E-state index >= 15 is 0 Å². The van der Waals surface area contributed by atoms with Gasteiger partial charge in [0.2, 0.25) is 12.7 Å². The monoisotopic (exact) mass is 301 g/mol. The number of fused-ring (bicyclic) bond motifs is 1. The van der Waals surface area contributed by atoms with Crippen LogP contribution in [0.4, 0.5) is 5.69 Å². The van der Waals surface area contributed by atoms with Crippen LogP contribution in [0.1, 0.15) is 5.56 Å². The first-order chi connectivity index (χ1) is 10.2. The van der Waals surface area contributed by atoms with Crippen molar-refractivity contribution >= 4 is 29.3 Å². The molecule has 3 rings (SSSR count). The van der Waals surface area contributed by atoms with Gasteiger partial charge in [-0.25, -0.2) is 0 Å². The zero-order valence-electron chi connectivity index (χ0n) is 11.0. The first-order valence-electron chi connectivity index (χ1n) is 6.35. The van der Waals surface area contributed by atoms with Crippen molar-refractivity contribution in [1.29, 1.82) is 0 Å². The first kappa shape index (κ1) is 13.5. The first-order valence-corrected chi connectivity index (χ1v) is 6.73. The third kappa shape index (κ3) is 3.35. The Morgan fingerprint density at radius 2 is 2.00 bits per heavy atom. The number of benzene rings is 2. The Balaban J connectivity index is 1.66. The van der Waals surface area contributed by atoms with E-state index in [0.717, 1.165) is 5.56 Å². The van der Waals surface area contributed by atoms with Crippen molar-refractivity contribution in [2.75, 3.05) is 12.1 Å². The fraction of sp³-hybridized carbons (Fsp3) is 0.0625. The highest BCUT2D eigenvalue weighted by molar-refractivity contribution is 6.30. The van der Waals surface area contributed by atoms with Crippen molar-refractivity contribution in [3.8, 4) is 11.5 Å². The molecule has 1 N–H and O–H groups in total. The maximum absolute atomic E-state index is 11.9. The lowest BCUT2D eigenvalue weighted by molar-refractivity contribution is -0.111. The number of ether oxygens (including phenoxy) is 2. The van der Waals surface area contributed by atoms with Gasteiger partial charge in [0.1, 0.15) is 0 Å². The summed E-state index contributed by atoms with van der Waals surface area (Å²) < 4.78 is 10.5. The summed E-state index contributed by atoms with van der Waals surface area (Å²) in [5.74, 6) is 1.09. The normalized spacial score (nSPS) is 12.6. The Hall–Kier alpha value is -2.46. The van der Waals surface area contributed by atoms with Crippen LogP contribution in [0.15, 0.2) is 48.5 Å². The standard InChI is InChI=1S/C16H12ClNO3/c17-12-3-1-2-11(8-12)4-7-16(19)18-13-5-6-14-15(9-13)21-10-20-14/h1-9H,10H2,(H,18,19)/b7-4+. The van der Waals surface area contributed by atoms with Crippen LogP contribution in [0.2, 0.25) is 5.02 Å². The van der Waals surface area contributed by atoms with Crippen molar-refractivity contribution in [2.45, 2.75) is 0 Å². The van der Waals surface area contributed by atoms with Gasteiger partial charge in [0, 0.05) is 22.9 Å². The fourth-order valence-electron chi connectivity index (χ4n) is 1.94. The predicted octanol–water partition coefficient (Wildman–Crippen LogP) is 3.72. The number of hydrogen-bond donors (Lipinski definition) is 1. The zero-order chi connectivity index (χ0) is 14.7. The summed E-state index contributed by atoms with van der Waals surface area (Å²) >= 11 is 5.88. The van der Waals surface area contributed by atoms with Gasteiger partial charge in [0.05, 0.1) is 0 Å². The van der Waals surface area contributed by atoms with E-state index in [0.29, 0.717) is 22.2 Å². The molecule has 1 amide bonds. The SMILES string of the molecule is O=C(/C=C/c1cccc(Cl)c1)Nc1ccc2c(c1)OCO2. The van der Waals surface area contributed by atoms with E-state index in [4.69, 9.17) is 21.1 Å². The Morgan fingerprint density at radius 3 is 2.86 bits per heavy atom. The molecule has 0 unspecified atom stereocenters. The zero-order valence-corrected chi connectivity index (χ0v) is 11.8. The highest BCUT2D eigenvalue weighted by Gasteiger charge is 2.13. The number of rotatable bonds is 3. The molecule has 5 heteroatoms. The molecule has 1 aliphatic heterocycles. The van der Waals surface area contributed by atoms with Gasteiger partial charge in [-0.05, 0) is 35.9 Å². The van der Waals surface area contributed by atoms with Crippen LogP contribution < -0.4 is 14.8 Å². The second-order valence-electron chi connectivity index (χ2n) is 4.45. The third-order valence-electron chi connectivity index (χ3n) is 2.92. The topological polar surface area (TPSA) is 47.6 Å². The summed E-state index contributed by atoms with van der Waals surface area (Å²) in [5.41, 5.74) is 1.52. The lowest BCUT2D eigenvalue weighted by Crippen LogP contribution is -2.07. The van der Waals surface area contributed by atoms with Crippen molar-refractivity contribution in [3.63, 3.8) is 0 Å². The maximum Gasteiger partial charge on any atom is 0.248 e. The van der Waals surface area contributed by atoms with Crippen LogP contribution in [-0.2, 0) is 4.79 Å². The van der Waals surface area contributed by atoms with Gasteiger partial charge in [-0.2, -0.15) is 0 Å². The minimum atomic E-state index is -0.228. The quantitative estimate of drug-likeness (QED) is 0.879. The van der Waals surface area contributed by atoms with Gasteiger partial charge >= 0.3 is 0 Å². The highest BCUT2D eigenvalue weighted by Crippen LogP contribution is 2.34. The molecule has 0 aliphatic carbocycles. The van der Waals surface area contributed by atoms with Gasteiger partial charge in [0.25, 0.3) is 0 Å². The fourth-order valence-corrected chi connectivity index (χ4v) is 2.14. The van der Waals surface area contributed by atoms with Crippen molar-refractivity contribution in [2.24, 2.45) is 0 Å². The van der Waals surface area contributed by atoms with Gasteiger partial charge in [-0.15, -0.1) is 0 Å². The molecule has 2 aromatic rings. The molecule has 0 atom stereocenters. The molecule has 1 aliphatic rings. The Kier molecular flexibility index (Phi) is 3.79. The molecule has 0 bridgehead atoms. The maximum atomic E-state index is 11.9. The number of carbonyl (C=O) groups is 1. The molecular weight excluding hydrogens is 290 g/mol. The third-order valence-corrected chi connectivity index (χ3v) is 3.15. The van der Waals surface area contributed by atoms with E-state index in [1.54, 1.807) is 36.4 Å². The number of amides is 1. The average molecular weight is 302 g/mol. The molecule has 4 nitrogen and oxygen atoms in total. The van der Waals surface area contributed by atoms with Crippen molar-refractivity contribution < 1.29 is 14.3 Å². The van der Waals surface area contributed by atoms with E-state index in [1.807, 2.05) is 12.1 Å². The Morgan fingerprint density at radius 1 is 1.14 bits per heavy atom. The highest BCUT2D eigenvalue weighted by atomic mass is 35.5. The van der Waals surface area contributed by atoms with Crippen LogP contribution in [0.3, 0.4) is 0 Å². The van der Waals surface area contributed by atoms with Crippen LogP contribution >= 0.6 is 11.6 Å². The van der Waals surface area contributed by atoms with E-state index in [9.17, 15) is 4.79 Å². The summed E-state index contributed by atoms with van der Waals surface area (Å²) in [7, 11) is 0. The molecule has 0 aromatic heterocycles. The van der Waals surface area contributed by atoms with E-state index in [2.05, 4.69) is 5.32 Å². The van der Waals surface area contributed by atoms with Crippen molar-refractivity contribution in [1.82, 2.24) is 0 Å². The smallest absolute Gasteiger partial charge is 0.248 e. The van der Waals surface area contributed by atoms with Crippen molar-refractivity contribution in [3.05, 3.63) is 59.1 Å². The summed E-state index contributed by atoms with van der Waals surface area (Å²) in [5, 5.41) is 3.39. The average Bonchev–Trinajstić information content (AvgIpc) is 2.93. The summed E-state index contributed by atoms with van der Waals surface area (Å²) in [6.45, 7) is 0.210. The summed E-state index contributed by atoms with van der Waals surface area (Å²) in [4.78, 5) is 11.9. The molecule has 106 valence electrons. The minimum absolute atomic E-state index is 0.210. The number of nitrogens with one attached hydrogen (secondary N) is 1. The van der Waals surface area contributed by atoms with E-state index in [1.165, 1.54) is 6.08 Å². The molecule has 21 heavy (non-hydrogen) atoms. The number of anilines is 1. The van der Waals surface area contributed by atoms with Gasteiger partial charge < -0.3 is 14.8 Å².